The van der Waals surface area contributed by atoms with Crippen LogP contribution in [0.25, 0.3) is 22.3 Å². The van der Waals surface area contributed by atoms with E-state index in [1.807, 2.05) is 18.2 Å². The highest BCUT2D eigenvalue weighted by atomic mass is 16.5. The van der Waals surface area contributed by atoms with Crippen LogP contribution < -0.4 is 20.1 Å². The molecule has 37 heavy (non-hydrogen) atoms. The number of fused-ring (bicyclic) bond motifs is 1. The highest BCUT2D eigenvalue weighted by Crippen LogP contribution is 2.37. The molecule has 1 aromatic carbocycles. The average Bonchev–Trinajstić information content (AvgIpc) is 3.64. The van der Waals surface area contributed by atoms with E-state index in [0.29, 0.717) is 46.3 Å². The molecule has 1 atom stereocenters. The molecule has 2 saturated carbocycles. The number of methoxy groups -OCH3 is 1. The van der Waals surface area contributed by atoms with Crippen molar-refractivity contribution < 1.29 is 24.2 Å². The quantitative estimate of drug-likeness (QED) is 0.349. The molecule has 0 radical (unpaired) electrons. The molecule has 0 aliphatic heterocycles. The first kappa shape index (κ1) is 25.0. The first-order valence-corrected chi connectivity index (χ1v) is 12.9. The van der Waals surface area contributed by atoms with Crippen LogP contribution in [0.2, 0.25) is 0 Å². The average molecular weight is 508 g/mol. The number of hydrogen-bond donors (Lipinski definition) is 4. The monoisotopic (exact) mass is 507 g/mol. The van der Waals surface area contributed by atoms with Gasteiger partial charge in [-0.15, -0.1) is 0 Å². The predicted molar refractivity (Wildman–Crippen MR) is 137 cm³/mol. The van der Waals surface area contributed by atoms with Crippen molar-refractivity contribution in [2.45, 2.75) is 63.6 Å². The molecule has 4 N–H and O–H groups in total. The second-order valence-electron chi connectivity index (χ2n) is 9.97. The molecule has 2 aromatic heterocycles. The van der Waals surface area contributed by atoms with Gasteiger partial charge >= 0.3 is 0 Å². The van der Waals surface area contributed by atoms with E-state index in [9.17, 15) is 14.7 Å². The second kappa shape index (κ2) is 10.8. The normalized spacial score (nSPS) is 20.3. The zero-order valence-corrected chi connectivity index (χ0v) is 21.1. The van der Waals surface area contributed by atoms with Gasteiger partial charge in [-0.05, 0) is 63.5 Å². The third kappa shape index (κ3) is 5.69. The number of hydrogen-bond acceptors (Lipinski definition) is 7. The van der Waals surface area contributed by atoms with Gasteiger partial charge in [0.15, 0.2) is 0 Å². The van der Waals surface area contributed by atoms with Gasteiger partial charge in [0.05, 0.1) is 24.8 Å². The molecule has 2 fully saturated rings. The zero-order chi connectivity index (χ0) is 25.9. The number of nitrogens with one attached hydrogen (secondary N) is 3. The number of amides is 2. The lowest BCUT2D eigenvalue weighted by atomic mass is 9.91. The van der Waals surface area contributed by atoms with E-state index in [2.05, 4.69) is 25.6 Å². The number of benzene rings is 1. The van der Waals surface area contributed by atoms with Crippen molar-refractivity contribution in [1.82, 2.24) is 25.6 Å². The summed E-state index contributed by atoms with van der Waals surface area (Å²) in [6.07, 6.45) is 7.45. The molecule has 2 aliphatic carbocycles. The van der Waals surface area contributed by atoms with Crippen molar-refractivity contribution >= 4 is 22.8 Å². The van der Waals surface area contributed by atoms with Gasteiger partial charge in [-0.1, -0.05) is 0 Å². The number of aromatic amines is 1. The number of carbonyl (C=O) groups excluding carboxylic acids is 2. The SMILES string of the molecule is COc1ccc(-c2ncnc3c(C(=O)N[C@H]4CC[C@H](NC(=O)[C@H](C)O)CC4)c[nH]c23)c(OCC2CC2)c1. The Labute approximate surface area is 215 Å². The summed E-state index contributed by atoms with van der Waals surface area (Å²) in [6, 6.07) is 5.66. The summed E-state index contributed by atoms with van der Waals surface area (Å²) in [5.41, 5.74) is 3.13. The topological polar surface area (TPSA) is 138 Å². The minimum atomic E-state index is -1.02. The van der Waals surface area contributed by atoms with Gasteiger partial charge in [-0.25, -0.2) is 9.97 Å². The van der Waals surface area contributed by atoms with Gasteiger partial charge < -0.3 is 30.2 Å². The summed E-state index contributed by atoms with van der Waals surface area (Å²) in [7, 11) is 1.62. The Bertz CT molecular complexity index is 1280. The lowest BCUT2D eigenvalue weighted by Crippen LogP contribution is -2.45. The summed E-state index contributed by atoms with van der Waals surface area (Å²) < 4.78 is 11.5. The molecule has 2 heterocycles. The first-order valence-electron chi connectivity index (χ1n) is 12.9. The molecule has 2 aliphatic rings. The van der Waals surface area contributed by atoms with Crippen molar-refractivity contribution in [3.63, 3.8) is 0 Å². The van der Waals surface area contributed by atoms with Gasteiger partial charge in [0.1, 0.15) is 35.1 Å². The molecule has 3 aromatic rings. The number of aromatic nitrogens is 3. The van der Waals surface area contributed by atoms with Crippen LogP contribution in [-0.4, -0.2) is 63.8 Å². The van der Waals surface area contributed by atoms with E-state index in [-0.39, 0.29) is 23.9 Å². The molecule has 10 nitrogen and oxygen atoms in total. The summed E-state index contributed by atoms with van der Waals surface area (Å²) in [5.74, 6) is 1.42. The smallest absolute Gasteiger partial charge is 0.255 e. The van der Waals surface area contributed by atoms with Crippen LogP contribution >= 0.6 is 0 Å². The van der Waals surface area contributed by atoms with Crippen LogP contribution in [0, 0.1) is 5.92 Å². The Hall–Kier alpha value is -3.66. The Morgan fingerprint density at radius 1 is 1.11 bits per heavy atom. The number of nitrogens with zero attached hydrogens (tertiary/aromatic N) is 2. The van der Waals surface area contributed by atoms with E-state index in [1.165, 1.54) is 26.1 Å². The molecule has 2 amide bonds. The summed E-state index contributed by atoms with van der Waals surface area (Å²) >= 11 is 0. The first-order chi connectivity index (χ1) is 17.9. The molecule has 0 spiro atoms. The maximum Gasteiger partial charge on any atom is 0.255 e. The molecule has 196 valence electrons. The van der Waals surface area contributed by atoms with Crippen molar-refractivity contribution in [2.24, 2.45) is 5.92 Å². The Morgan fingerprint density at radius 2 is 1.84 bits per heavy atom. The Balaban J connectivity index is 1.31. The van der Waals surface area contributed by atoms with Gasteiger partial charge in [-0.2, -0.15) is 0 Å². The minimum Gasteiger partial charge on any atom is -0.497 e. The Morgan fingerprint density at radius 3 is 2.51 bits per heavy atom. The number of aliphatic hydroxyl groups is 1. The maximum atomic E-state index is 13.2. The molecular weight excluding hydrogens is 474 g/mol. The lowest BCUT2D eigenvalue weighted by Gasteiger charge is -2.29. The van der Waals surface area contributed by atoms with Crippen molar-refractivity contribution in [3.8, 4) is 22.8 Å². The van der Waals surface area contributed by atoms with Crippen LogP contribution in [0.15, 0.2) is 30.7 Å². The van der Waals surface area contributed by atoms with Gasteiger partial charge in [-0.3, -0.25) is 9.59 Å². The number of ether oxygens (including phenoxy) is 2. The number of carbonyl (C=O) groups is 2. The largest absolute Gasteiger partial charge is 0.497 e. The van der Waals surface area contributed by atoms with Crippen molar-refractivity contribution in [2.75, 3.05) is 13.7 Å². The molecule has 0 bridgehead atoms. The summed E-state index contributed by atoms with van der Waals surface area (Å²) in [6.45, 7) is 2.10. The van der Waals surface area contributed by atoms with E-state index in [1.54, 1.807) is 13.3 Å². The van der Waals surface area contributed by atoms with Crippen LogP contribution in [0.3, 0.4) is 0 Å². The predicted octanol–water partition coefficient (Wildman–Crippen LogP) is 2.96. The number of rotatable bonds is 9. The van der Waals surface area contributed by atoms with Crippen LogP contribution in [0.1, 0.15) is 55.8 Å². The Kier molecular flexibility index (Phi) is 7.27. The van der Waals surface area contributed by atoms with E-state index < -0.39 is 6.10 Å². The van der Waals surface area contributed by atoms with E-state index in [4.69, 9.17) is 9.47 Å². The standard InChI is InChI=1S/C27H33N5O5/c1-15(33)26(34)31-17-5-7-18(8-6-17)32-27(35)21-12-28-25-23(29-14-30-24(21)25)20-10-9-19(36-2)11-22(20)37-13-16-3-4-16/h9-12,14-18,28,33H,3-8,13H2,1-2H3,(H,31,34)(H,32,35)/t15-,17-,18-/m0/s1. The van der Waals surface area contributed by atoms with E-state index >= 15 is 0 Å². The fraction of sp³-hybridized carbons (Fsp3) is 0.481. The second-order valence-corrected chi connectivity index (χ2v) is 9.97. The lowest BCUT2D eigenvalue weighted by molar-refractivity contribution is -0.129. The van der Waals surface area contributed by atoms with Gasteiger partial charge in [0.2, 0.25) is 5.91 Å². The fourth-order valence-corrected chi connectivity index (χ4v) is 4.72. The molecule has 5 rings (SSSR count). The summed E-state index contributed by atoms with van der Waals surface area (Å²) in [5, 5.41) is 15.4. The molecular formula is C27H33N5O5. The van der Waals surface area contributed by atoms with Crippen molar-refractivity contribution in [3.05, 3.63) is 36.3 Å². The zero-order valence-electron chi connectivity index (χ0n) is 21.1. The number of H-pyrrole nitrogens is 1. The fourth-order valence-electron chi connectivity index (χ4n) is 4.72. The van der Waals surface area contributed by atoms with Crippen LogP contribution in [0.5, 0.6) is 11.5 Å². The maximum absolute atomic E-state index is 13.2. The molecule has 10 heteroatoms. The molecule has 0 unspecified atom stereocenters. The van der Waals surface area contributed by atoms with E-state index in [0.717, 1.165) is 31.2 Å². The van der Waals surface area contributed by atoms with Gasteiger partial charge in [0.25, 0.3) is 5.91 Å². The van der Waals surface area contributed by atoms with Gasteiger partial charge in [0, 0.05) is 29.9 Å². The van der Waals surface area contributed by atoms with Crippen LogP contribution in [0.4, 0.5) is 0 Å². The third-order valence-electron chi connectivity index (χ3n) is 7.11. The molecule has 0 saturated heterocycles. The highest BCUT2D eigenvalue weighted by molar-refractivity contribution is 6.08. The van der Waals surface area contributed by atoms with Crippen molar-refractivity contribution in [1.29, 1.82) is 0 Å². The summed E-state index contributed by atoms with van der Waals surface area (Å²) in [4.78, 5) is 37.1. The minimum absolute atomic E-state index is 0.00229. The van der Waals surface area contributed by atoms with Crippen LogP contribution in [-0.2, 0) is 4.79 Å². The number of aliphatic hydroxyl groups excluding tert-OH is 1. The highest BCUT2D eigenvalue weighted by Gasteiger charge is 2.27. The third-order valence-corrected chi connectivity index (χ3v) is 7.11.